The van der Waals surface area contributed by atoms with Crippen LogP contribution < -0.4 is 10.6 Å². The third-order valence-corrected chi connectivity index (χ3v) is 2.28. The van der Waals surface area contributed by atoms with Crippen molar-refractivity contribution in [3.8, 4) is 0 Å². The highest BCUT2D eigenvalue weighted by atomic mass is 16.6. The van der Waals surface area contributed by atoms with Crippen molar-refractivity contribution in [1.29, 1.82) is 0 Å². The molecule has 0 unspecified atom stereocenters. The Labute approximate surface area is 95.1 Å². The molecule has 0 atom stereocenters. The summed E-state index contributed by atoms with van der Waals surface area (Å²) in [4.78, 5) is 13.3. The molecule has 0 fully saturated rings. The minimum Gasteiger partial charge on any atom is -0.443 e. The molecule has 0 saturated heterocycles. The zero-order chi connectivity index (χ0) is 11.8. The van der Waals surface area contributed by atoms with Crippen LogP contribution in [0.25, 0.3) is 0 Å². The first-order chi connectivity index (χ1) is 7.46. The van der Waals surface area contributed by atoms with Gasteiger partial charge in [-0.1, -0.05) is 0 Å². The Morgan fingerprint density at radius 2 is 2.19 bits per heavy atom. The first kappa shape index (κ1) is 10.9. The number of carbonyl (C=O) groups excluding carboxylic acids is 1. The lowest BCUT2D eigenvalue weighted by Gasteiger charge is -2.27. The highest BCUT2D eigenvalue weighted by Crippen LogP contribution is 2.17. The third kappa shape index (κ3) is 2.29. The van der Waals surface area contributed by atoms with Crippen LogP contribution in [0.5, 0.6) is 0 Å². The van der Waals surface area contributed by atoms with Crippen molar-refractivity contribution in [1.82, 2.24) is 15.5 Å². The molecule has 16 heavy (non-hydrogen) atoms. The van der Waals surface area contributed by atoms with Crippen molar-refractivity contribution in [2.75, 3.05) is 13.2 Å². The van der Waals surface area contributed by atoms with E-state index >= 15 is 0 Å². The van der Waals surface area contributed by atoms with Crippen LogP contribution in [0.1, 0.15) is 20.8 Å². The Bertz CT molecular complexity index is 366. The van der Waals surface area contributed by atoms with E-state index < -0.39 is 5.60 Å². The lowest BCUT2D eigenvalue weighted by atomic mass is 10.2. The highest BCUT2D eigenvalue weighted by molar-refractivity contribution is 5.70. The summed E-state index contributed by atoms with van der Waals surface area (Å²) >= 11 is 0. The number of allylic oxidation sites excluding steroid dienone is 1. The molecular weight excluding hydrogens is 206 g/mol. The van der Waals surface area contributed by atoms with E-state index in [-0.39, 0.29) is 6.09 Å². The fourth-order valence-electron chi connectivity index (χ4n) is 1.58. The first-order valence-corrected chi connectivity index (χ1v) is 5.34. The predicted octanol–water partition coefficient (Wildman–Crippen LogP) is 1.11. The van der Waals surface area contributed by atoms with E-state index in [0.29, 0.717) is 6.54 Å². The quantitative estimate of drug-likeness (QED) is 0.646. The maximum atomic E-state index is 11.8. The van der Waals surface area contributed by atoms with Crippen LogP contribution in [0.4, 0.5) is 4.79 Å². The van der Waals surface area contributed by atoms with Crippen molar-refractivity contribution in [3.05, 3.63) is 23.7 Å². The van der Waals surface area contributed by atoms with Crippen molar-refractivity contribution in [2.24, 2.45) is 0 Å². The number of ether oxygens (including phenoxy) is 1. The van der Waals surface area contributed by atoms with E-state index in [1.807, 2.05) is 26.8 Å². The molecule has 2 rings (SSSR count). The van der Waals surface area contributed by atoms with Crippen LogP contribution in [0.3, 0.4) is 0 Å². The van der Waals surface area contributed by atoms with E-state index in [0.717, 1.165) is 18.1 Å². The molecule has 0 aromatic carbocycles. The van der Waals surface area contributed by atoms with Crippen LogP contribution in [0.15, 0.2) is 23.7 Å². The standard InChI is InChI=1S/C11H17N3O2/c1-11(2,3)16-10(15)14-5-4-8-9(6-14)13-7-12-8/h4-5,12-13H,6-7H2,1-3H3. The minimum absolute atomic E-state index is 0.316. The van der Waals surface area contributed by atoms with Crippen molar-refractivity contribution >= 4 is 6.09 Å². The van der Waals surface area contributed by atoms with Gasteiger partial charge in [0.15, 0.2) is 0 Å². The lowest BCUT2D eigenvalue weighted by Crippen LogP contribution is -2.37. The van der Waals surface area contributed by atoms with E-state index in [9.17, 15) is 4.79 Å². The predicted molar refractivity (Wildman–Crippen MR) is 60.2 cm³/mol. The summed E-state index contributed by atoms with van der Waals surface area (Å²) in [5, 5.41) is 6.34. The Morgan fingerprint density at radius 3 is 2.88 bits per heavy atom. The molecule has 88 valence electrons. The van der Waals surface area contributed by atoms with Gasteiger partial charge < -0.3 is 15.4 Å². The van der Waals surface area contributed by atoms with Crippen LogP contribution >= 0.6 is 0 Å². The normalized spacial score (nSPS) is 19.1. The Morgan fingerprint density at radius 1 is 1.44 bits per heavy atom. The average molecular weight is 223 g/mol. The molecule has 0 bridgehead atoms. The molecule has 0 aromatic heterocycles. The van der Waals surface area contributed by atoms with Gasteiger partial charge in [0.05, 0.1) is 24.6 Å². The van der Waals surface area contributed by atoms with E-state index in [2.05, 4.69) is 10.6 Å². The van der Waals surface area contributed by atoms with Gasteiger partial charge in [-0.15, -0.1) is 0 Å². The minimum atomic E-state index is -0.457. The van der Waals surface area contributed by atoms with Crippen molar-refractivity contribution in [3.63, 3.8) is 0 Å². The van der Waals surface area contributed by atoms with E-state index in [1.165, 1.54) is 0 Å². The molecular formula is C11H17N3O2. The van der Waals surface area contributed by atoms with Gasteiger partial charge in [-0.05, 0) is 26.8 Å². The Hall–Kier alpha value is -1.65. The molecule has 1 amide bonds. The lowest BCUT2D eigenvalue weighted by molar-refractivity contribution is 0.0344. The molecule has 0 spiro atoms. The van der Waals surface area contributed by atoms with Crippen molar-refractivity contribution in [2.45, 2.75) is 26.4 Å². The molecule has 0 aliphatic carbocycles. The van der Waals surface area contributed by atoms with E-state index in [1.54, 1.807) is 11.1 Å². The number of rotatable bonds is 0. The second-order valence-electron chi connectivity index (χ2n) is 4.85. The van der Waals surface area contributed by atoms with Gasteiger partial charge in [0, 0.05) is 6.20 Å². The van der Waals surface area contributed by atoms with Gasteiger partial charge in [0.1, 0.15) is 5.60 Å². The molecule has 0 aromatic rings. The summed E-state index contributed by atoms with van der Waals surface area (Å²) in [7, 11) is 0. The summed E-state index contributed by atoms with van der Waals surface area (Å²) in [5.41, 5.74) is 1.63. The fourth-order valence-corrected chi connectivity index (χ4v) is 1.58. The number of hydrogen-bond donors (Lipinski definition) is 2. The SMILES string of the molecule is CC(C)(C)OC(=O)N1C=CC2=C(C1)NCN2. The summed E-state index contributed by atoms with van der Waals surface area (Å²) < 4.78 is 5.29. The Kier molecular flexibility index (Phi) is 2.53. The molecule has 2 heterocycles. The first-order valence-electron chi connectivity index (χ1n) is 5.34. The number of hydrogen-bond acceptors (Lipinski definition) is 4. The second-order valence-corrected chi connectivity index (χ2v) is 4.85. The van der Waals surface area contributed by atoms with Crippen LogP contribution in [0.2, 0.25) is 0 Å². The largest absolute Gasteiger partial charge is 0.443 e. The number of nitrogens with zero attached hydrogens (tertiary/aromatic N) is 1. The van der Waals surface area contributed by atoms with Crippen LogP contribution in [0, 0.1) is 0 Å². The van der Waals surface area contributed by atoms with Crippen LogP contribution in [-0.4, -0.2) is 29.8 Å². The molecule has 2 N–H and O–H groups in total. The maximum Gasteiger partial charge on any atom is 0.414 e. The zero-order valence-electron chi connectivity index (χ0n) is 9.83. The highest BCUT2D eigenvalue weighted by Gasteiger charge is 2.25. The number of carbonyl (C=O) groups is 1. The fraction of sp³-hybridized carbons (Fsp3) is 0.545. The van der Waals surface area contributed by atoms with Gasteiger partial charge in [0.2, 0.25) is 0 Å². The molecule has 2 aliphatic rings. The molecule has 5 heteroatoms. The molecule has 5 nitrogen and oxygen atoms in total. The number of amides is 1. The van der Waals surface area contributed by atoms with Gasteiger partial charge in [-0.2, -0.15) is 0 Å². The van der Waals surface area contributed by atoms with Gasteiger partial charge in [-0.3, -0.25) is 4.90 Å². The topological polar surface area (TPSA) is 53.6 Å². The van der Waals surface area contributed by atoms with Crippen molar-refractivity contribution < 1.29 is 9.53 Å². The maximum absolute atomic E-state index is 11.8. The monoisotopic (exact) mass is 223 g/mol. The zero-order valence-corrected chi connectivity index (χ0v) is 9.83. The molecule has 0 radical (unpaired) electrons. The summed E-state index contributed by atoms with van der Waals surface area (Å²) in [6.45, 7) is 6.83. The van der Waals surface area contributed by atoms with Crippen LogP contribution in [-0.2, 0) is 4.74 Å². The molecule has 0 saturated carbocycles. The second kappa shape index (κ2) is 3.73. The molecule has 2 aliphatic heterocycles. The average Bonchev–Trinajstić information content (AvgIpc) is 2.61. The smallest absolute Gasteiger partial charge is 0.414 e. The van der Waals surface area contributed by atoms with Gasteiger partial charge in [0.25, 0.3) is 0 Å². The van der Waals surface area contributed by atoms with E-state index in [4.69, 9.17) is 4.74 Å². The summed E-state index contributed by atoms with van der Waals surface area (Å²) in [6, 6.07) is 0. The third-order valence-electron chi connectivity index (χ3n) is 2.28. The van der Waals surface area contributed by atoms with Gasteiger partial charge >= 0.3 is 6.09 Å². The Balaban J connectivity index is 1.99. The van der Waals surface area contributed by atoms with Gasteiger partial charge in [-0.25, -0.2) is 4.79 Å². The summed E-state index contributed by atoms with van der Waals surface area (Å²) in [5.74, 6) is 0. The number of nitrogens with one attached hydrogen (secondary N) is 2. The summed E-state index contributed by atoms with van der Waals surface area (Å²) in [6.07, 6.45) is 3.30.